The van der Waals surface area contributed by atoms with E-state index in [9.17, 15) is 0 Å². The van der Waals surface area contributed by atoms with Crippen molar-refractivity contribution in [2.24, 2.45) is 0 Å². The number of unbranched alkanes of at least 4 members (excludes halogenated alkanes) is 14. The molecule has 2 rings (SSSR count). The maximum Gasteiger partial charge on any atom is 0.105 e. The third-order valence-corrected chi connectivity index (χ3v) is 8.51. The first-order valence-electron chi connectivity index (χ1n) is 17.5. The number of hydrogen-bond acceptors (Lipinski definition) is 0. The van der Waals surface area contributed by atoms with Gasteiger partial charge in [0.25, 0.3) is 0 Å². The van der Waals surface area contributed by atoms with E-state index in [1.807, 2.05) is 0 Å². The zero-order valence-electron chi connectivity index (χ0n) is 27.1. The third-order valence-electron chi connectivity index (χ3n) is 8.51. The van der Waals surface area contributed by atoms with Crippen LogP contribution in [0, 0.1) is 0 Å². The first-order valence-corrected chi connectivity index (χ1v) is 17.5. The van der Waals surface area contributed by atoms with E-state index in [0.717, 1.165) is 13.1 Å². The lowest BCUT2D eigenvalue weighted by Gasteiger charge is -2.39. The first kappa shape index (κ1) is 35.1. The molecule has 1 heteroatoms. The summed E-state index contributed by atoms with van der Waals surface area (Å²) in [6, 6.07) is 22.5. The van der Waals surface area contributed by atoms with Crippen LogP contribution < -0.4 is 0 Å². The van der Waals surface area contributed by atoms with E-state index >= 15 is 0 Å². The molecule has 0 saturated heterocycles. The van der Waals surface area contributed by atoms with Crippen molar-refractivity contribution >= 4 is 0 Å². The molecule has 0 atom stereocenters. The van der Waals surface area contributed by atoms with Crippen LogP contribution in [-0.2, 0) is 13.1 Å². The smallest absolute Gasteiger partial charge is 0.105 e. The molecule has 0 saturated carbocycles. The number of rotatable bonds is 26. The highest BCUT2D eigenvalue weighted by atomic mass is 15.3. The second-order valence-electron chi connectivity index (χ2n) is 12.4. The Morgan fingerprint density at radius 3 is 1.12 bits per heavy atom. The highest BCUT2D eigenvalue weighted by Crippen LogP contribution is 2.24. The van der Waals surface area contributed by atoms with Gasteiger partial charge in [-0.15, -0.1) is 0 Å². The number of nitrogens with zero attached hydrogens (tertiary/aromatic N) is 1. The Hall–Kier alpha value is -2.12. The maximum atomic E-state index is 2.46. The molecule has 0 aliphatic carbocycles. The van der Waals surface area contributed by atoms with Gasteiger partial charge in [-0.3, -0.25) is 0 Å². The van der Waals surface area contributed by atoms with Crippen LogP contribution in [0.15, 0.2) is 85.0 Å². The van der Waals surface area contributed by atoms with E-state index in [-0.39, 0.29) is 0 Å². The number of hydrogen-bond donors (Lipinski definition) is 0. The summed E-state index contributed by atoms with van der Waals surface area (Å²) in [7, 11) is 0. The van der Waals surface area contributed by atoms with E-state index < -0.39 is 0 Å². The molecule has 0 amide bonds. The van der Waals surface area contributed by atoms with Gasteiger partial charge in [-0.2, -0.15) is 0 Å². The number of benzene rings is 2. The van der Waals surface area contributed by atoms with Gasteiger partial charge in [0.1, 0.15) is 13.1 Å². The van der Waals surface area contributed by atoms with Crippen LogP contribution in [0.5, 0.6) is 0 Å². The van der Waals surface area contributed by atoms with E-state index in [4.69, 9.17) is 0 Å². The molecule has 0 N–H and O–H groups in total. The Balaban J connectivity index is 1.91. The van der Waals surface area contributed by atoms with E-state index in [0.29, 0.717) is 0 Å². The molecule has 228 valence electrons. The van der Waals surface area contributed by atoms with Crippen LogP contribution in [0.2, 0.25) is 0 Å². The standard InChI is InChI=1S/C40H64N/c1-3-5-7-9-11-13-15-17-19-21-29-35-41(37-39-31-25-23-26-32-39,38-40-33-27-24-28-34-40)36-30-22-20-18-16-14-12-10-8-6-4-2/h15-18,23-28,31-34H,3-14,19-22,29-30,35-38H2,1-2H3/q+1/b17-15+,18-16+. The Kier molecular flexibility index (Phi) is 20.9. The summed E-state index contributed by atoms with van der Waals surface area (Å²) < 4.78 is 1.18. The van der Waals surface area contributed by atoms with Crippen molar-refractivity contribution < 1.29 is 4.48 Å². The summed E-state index contributed by atoms with van der Waals surface area (Å²) in [5, 5.41) is 0. The minimum Gasteiger partial charge on any atom is -0.316 e. The van der Waals surface area contributed by atoms with Gasteiger partial charge >= 0.3 is 0 Å². The average molecular weight is 559 g/mol. The molecule has 0 unspecified atom stereocenters. The van der Waals surface area contributed by atoms with Crippen LogP contribution >= 0.6 is 0 Å². The van der Waals surface area contributed by atoms with Gasteiger partial charge in [0.15, 0.2) is 0 Å². The summed E-state index contributed by atoms with van der Waals surface area (Å²) in [6.45, 7) is 9.39. The van der Waals surface area contributed by atoms with E-state index in [2.05, 4.69) is 98.8 Å². The molecular weight excluding hydrogens is 494 g/mol. The van der Waals surface area contributed by atoms with E-state index in [1.165, 1.54) is 144 Å². The van der Waals surface area contributed by atoms with Crippen molar-refractivity contribution in [1.29, 1.82) is 0 Å². The lowest BCUT2D eigenvalue weighted by molar-refractivity contribution is -0.954. The van der Waals surface area contributed by atoms with Crippen LogP contribution in [0.1, 0.15) is 141 Å². The normalized spacial score (nSPS) is 12.1. The maximum absolute atomic E-state index is 2.46. The summed E-state index contributed by atoms with van der Waals surface area (Å²) in [6.07, 6.45) is 33.8. The van der Waals surface area contributed by atoms with Crippen molar-refractivity contribution in [3.05, 3.63) is 96.1 Å². The van der Waals surface area contributed by atoms with Crippen LogP contribution in [0.3, 0.4) is 0 Å². The van der Waals surface area contributed by atoms with Crippen molar-refractivity contribution in [2.75, 3.05) is 13.1 Å². The molecule has 0 aliphatic heterocycles. The van der Waals surface area contributed by atoms with Crippen LogP contribution in [0.25, 0.3) is 0 Å². The Morgan fingerprint density at radius 1 is 0.415 bits per heavy atom. The van der Waals surface area contributed by atoms with Crippen LogP contribution in [-0.4, -0.2) is 17.6 Å². The molecule has 0 bridgehead atoms. The van der Waals surface area contributed by atoms with Gasteiger partial charge in [0.05, 0.1) is 13.1 Å². The summed E-state index contributed by atoms with van der Waals surface area (Å²) in [4.78, 5) is 0. The SMILES string of the molecule is CCCCCCC/C=C/CCCC[N+](CCCC/C=C/CCCCCCC)(Cc1ccccc1)Cc1ccccc1. The van der Waals surface area contributed by atoms with Crippen molar-refractivity contribution in [2.45, 2.75) is 143 Å². The monoisotopic (exact) mass is 559 g/mol. The lowest BCUT2D eigenvalue weighted by atomic mass is 10.1. The van der Waals surface area contributed by atoms with Gasteiger partial charge in [0, 0.05) is 11.1 Å². The summed E-state index contributed by atoms with van der Waals surface area (Å²) >= 11 is 0. The minimum absolute atomic E-state index is 1.14. The highest BCUT2D eigenvalue weighted by Gasteiger charge is 2.27. The molecule has 0 aliphatic rings. The number of allylic oxidation sites excluding steroid dienone is 4. The molecule has 1 nitrogen and oxygen atoms in total. The average Bonchev–Trinajstić information content (AvgIpc) is 3.00. The molecule has 0 heterocycles. The van der Waals surface area contributed by atoms with Gasteiger partial charge in [-0.05, 0) is 64.2 Å². The van der Waals surface area contributed by atoms with E-state index in [1.54, 1.807) is 0 Å². The first-order chi connectivity index (χ1) is 20.3. The third kappa shape index (κ3) is 18.1. The quantitative estimate of drug-likeness (QED) is 0.0612. The molecule has 0 radical (unpaired) electrons. The van der Waals surface area contributed by atoms with Crippen molar-refractivity contribution in [1.82, 2.24) is 0 Å². The predicted octanol–water partition coefficient (Wildman–Crippen LogP) is 12.4. The fraction of sp³-hybridized carbons (Fsp3) is 0.600. The molecule has 0 fully saturated rings. The lowest BCUT2D eigenvalue weighted by Crippen LogP contribution is -2.48. The predicted molar refractivity (Wildman–Crippen MR) is 183 cm³/mol. The Labute approximate surface area is 255 Å². The second-order valence-corrected chi connectivity index (χ2v) is 12.4. The molecule has 2 aromatic carbocycles. The topological polar surface area (TPSA) is 0 Å². The van der Waals surface area contributed by atoms with Gasteiger partial charge in [-0.25, -0.2) is 0 Å². The van der Waals surface area contributed by atoms with Gasteiger partial charge in [0.2, 0.25) is 0 Å². The Morgan fingerprint density at radius 2 is 0.756 bits per heavy atom. The van der Waals surface area contributed by atoms with Crippen molar-refractivity contribution in [3.63, 3.8) is 0 Å². The fourth-order valence-electron chi connectivity index (χ4n) is 6.05. The molecule has 2 aromatic rings. The summed E-state index contributed by atoms with van der Waals surface area (Å²) in [5.41, 5.74) is 2.96. The zero-order chi connectivity index (χ0) is 29.1. The second kappa shape index (κ2) is 24.5. The zero-order valence-corrected chi connectivity index (χ0v) is 27.1. The van der Waals surface area contributed by atoms with Crippen LogP contribution in [0.4, 0.5) is 0 Å². The van der Waals surface area contributed by atoms with Gasteiger partial charge < -0.3 is 4.48 Å². The highest BCUT2D eigenvalue weighted by molar-refractivity contribution is 5.15. The van der Waals surface area contributed by atoms with Gasteiger partial charge in [-0.1, -0.05) is 150 Å². The fourth-order valence-corrected chi connectivity index (χ4v) is 6.05. The largest absolute Gasteiger partial charge is 0.316 e. The Bertz CT molecular complexity index is 806. The molecule has 41 heavy (non-hydrogen) atoms. The summed E-state index contributed by atoms with van der Waals surface area (Å²) in [5.74, 6) is 0. The molecular formula is C40H64N+. The molecule has 0 spiro atoms. The minimum atomic E-state index is 1.14. The molecule has 0 aromatic heterocycles. The number of quaternary nitrogens is 1. The van der Waals surface area contributed by atoms with Crippen molar-refractivity contribution in [3.8, 4) is 0 Å².